The summed E-state index contributed by atoms with van der Waals surface area (Å²) in [4.78, 5) is 0. The Hall–Kier alpha value is -1.03. The summed E-state index contributed by atoms with van der Waals surface area (Å²) in [6.45, 7) is 5.09. The molecule has 0 aliphatic heterocycles. The minimum Gasteiger partial charge on any atom is -0.310 e. The fourth-order valence-corrected chi connectivity index (χ4v) is 2.62. The van der Waals surface area contributed by atoms with Crippen LogP contribution in [-0.2, 0) is 13.5 Å². The van der Waals surface area contributed by atoms with Crippen LogP contribution in [0.1, 0.15) is 29.8 Å². The van der Waals surface area contributed by atoms with E-state index in [1.165, 1.54) is 11.3 Å². The van der Waals surface area contributed by atoms with Gasteiger partial charge in [-0.25, -0.2) is 0 Å². The van der Waals surface area contributed by atoms with Crippen molar-refractivity contribution in [3.05, 3.63) is 51.3 Å². The van der Waals surface area contributed by atoms with E-state index in [4.69, 9.17) is 23.2 Å². The fourth-order valence-electron chi connectivity index (χ4n) is 2.30. The molecule has 1 heterocycles. The minimum absolute atomic E-state index is 0.228. The molecule has 0 aliphatic carbocycles. The molecule has 0 saturated heterocycles. The van der Waals surface area contributed by atoms with Crippen molar-refractivity contribution in [3.63, 3.8) is 0 Å². The number of rotatable bonds is 5. The molecule has 108 valence electrons. The minimum atomic E-state index is 0.228. The van der Waals surface area contributed by atoms with Crippen molar-refractivity contribution in [3.8, 4) is 0 Å². The molecule has 0 saturated carbocycles. The first-order chi connectivity index (χ1) is 9.52. The van der Waals surface area contributed by atoms with Crippen molar-refractivity contribution in [2.45, 2.75) is 26.3 Å². The van der Waals surface area contributed by atoms with Crippen molar-refractivity contribution >= 4 is 23.2 Å². The highest BCUT2D eigenvalue weighted by Crippen LogP contribution is 2.26. The average molecular weight is 312 g/mol. The highest BCUT2D eigenvalue weighted by atomic mass is 35.5. The molecule has 0 aliphatic rings. The largest absolute Gasteiger partial charge is 0.310 e. The second-order valence-corrected chi connectivity index (χ2v) is 5.69. The van der Waals surface area contributed by atoms with Gasteiger partial charge < -0.3 is 5.32 Å². The number of halogens is 2. The molecule has 2 rings (SSSR count). The van der Waals surface area contributed by atoms with Gasteiger partial charge in [-0.1, -0.05) is 36.2 Å². The van der Waals surface area contributed by atoms with Crippen LogP contribution in [0, 0.1) is 6.92 Å². The Kier molecular flexibility index (Phi) is 5.08. The quantitative estimate of drug-likeness (QED) is 0.906. The summed E-state index contributed by atoms with van der Waals surface area (Å²) in [6, 6.07) is 6.02. The smallest absolute Gasteiger partial charge is 0.0595 e. The number of aryl methyl sites for hydroxylation is 1. The van der Waals surface area contributed by atoms with Crippen LogP contribution in [0.15, 0.2) is 24.4 Å². The van der Waals surface area contributed by atoms with E-state index < -0.39 is 0 Å². The van der Waals surface area contributed by atoms with E-state index in [1.54, 1.807) is 0 Å². The van der Waals surface area contributed by atoms with Gasteiger partial charge in [0, 0.05) is 24.3 Å². The third kappa shape index (κ3) is 3.35. The number of benzene rings is 1. The molecule has 0 bridgehead atoms. The molecule has 0 fully saturated rings. The van der Waals surface area contributed by atoms with E-state index >= 15 is 0 Å². The zero-order chi connectivity index (χ0) is 14.7. The first-order valence-corrected chi connectivity index (χ1v) is 7.44. The van der Waals surface area contributed by atoms with E-state index in [1.807, 2.05) is 36.1 Å². The number of nitrogens with zero attached hydrogens (tertiary/aromatic N) is 2. The van der Waals surface area contributed by atoms with Crippen LogP contribution in [0.4, 0.5) is 0 Å². The molecule has 0 radical (unpaired) electrons. The lowest BCUT2D eigenvalue weighted by Gasteiger charge is -2.18. The molecule has 5 heteroatoms. The molecular formula is C15H19Cl2N3. The maximum atomic E-state index is 6.09. The fraction of sp³-hybridized carbons (Fsp3) is 0.400. The lowest BCUT2D eigenvalue weighted by molar-refractivity contribution is 0.546. The Bertz CT molecular complexity index is 593. The topological polar surface area (TPSA) is 29.9 Å². The molecule has 1 atom stereocenters. The van der Waals surface area contributed by atoms with Gasteiger partial charge in [-0.05, 0) is 37.6 Å². The molecule has 2 aromatic rings. The van der Waals surface area contributed by atoms with Crippen molar-refractivity contribution in [1.82, 2.24) is 15.1 Å². The lowest BCUT2D eigenvalue weighted by Crippen LogP contribution is -2.23. The van der Waals surface area contributed by atoms with Crippen LogP contribution in [0.25, 0.3) is 0 Å². The van der Waals surface area contributed by atoms with Gasteiger partial charge in [-0.3, -0.25) is 4.68 Å². The first-order valence-electron chi connectivity index (χ1n) is 6.68. The molecule has 1 aromatic heterocycles. The van der Waals surface area contributed by atoms with Gasteiger partial charge in [0.25, 0.3) is 0 Å². The molecular weight excluding hydrogens is 293 g/mol. The summed E-state index contributed by atoms with van der Waals surface area (Å²) in [7, 11) is 1.96. The Balaban J connectivity index is 2.25. The molecule has 0 amide bonds. The van der Waals surface area contributed by atoms with Gasteiger partial charge in [0.15, 0.2) is 0 Å². The van der Waals surface area contributed by atoms with E-state index in [-0.39, 0.29) is 6.04 Å². The molecule has 20 heavy (non-hydrogen) atoms. The molecule has 1 N–H and O–H groups in total. The molecule has 3 nitrogen and oxygen atoms in total. The predicted octanol–water partition coefficient (Wildman–Crippen LogP) is 3.93. The van der Waals surface area contributed by atoms with Gasteiger partial charge in [0.2, 0.25) is 0 Å². The van der Waals surface area contributed by atoms with Crippen LogP contribution < -0.4 is 5.32 Å². The van der Waals surface area contributed by atoms with Crippen LogP contribution in [0.5, 0.6) is 0 Å². The van der Waals surface area contributed by atoms with Crippen LogP contribution in [0.2, 0.25) is 10.0 Å². The van der Waals surface area contributed by atoms with E-state index in [9.17, 15) is 0 Å². The van der Waals surface area contributed by atoms with E-state index in [0.29, 0.717) is 10.0 Å². The Morgan fingerprint density at radius 2 is 2.05 bits per heavy atom. The Morgan fingerprint density at radius 1 is 1.30 bits per heavy atom. The van der Waals surface area contributed by atoms with Crippen LogP contribution in [0.3, 0.4) is 0 Å². The molecule has 0 spiro atoms. The Labute approximate surface area is 129 Å². The zero-order valence-corrected chi connectivity index (χ0v) is 13.5. The second-order valence-electron chi connectivity index (χ2n) is 4.87. The van der Waals surface area contributed by atoms with Crippen molar-refractivity contribution in [2.75, 3.05) is 6.54 Å². The van der Waals surface area contributed by atoms with Crippen LogP contribution in [-0.4, -0.2) is 16.3 Å². The standard InChI is InChI=1S/C15H19Cl2N3/c1-4-18-15(12-9-19-20(3)10(12)2)8-11-5-6-13(16)14(17)7-11/h5-7,9,15,18H,4,8H2,1-3H3. The van der Waals surface area contributed by atoms with Gasteiger partial charge in [-0.15, -0.1) is 0 Å². The normalized spacial score (nSPS) is 12.7. The third-order valence-corrected chi connectivity index (χ3v) is 4.26. The summed E-state index contributed by atoms with van der Waals surface area (Å²) in [6.07, 6.45) is 2.79. The predicted molar refractivity (Wildman–Crippen MR) is 84.5 cm³/mol. The summed E-state index contributed by atoms with van der Waals surface area (Å²) < 4.78 is 1.90. The maximum absolute atomic E-state index is 6.09. The van der Waals surface area contributed by atoms with Gasteiger partial charge in [-0.2, -0.15) is 5.10 Å². The monoisotopic (exact) mass is 311 g/mol. The zero-order valence-electron chi connectivity index (χ0n) is 12.0. The SMILES string of the molecule is CCNC(Cc1ccc(Cl)c(Cl)c1)c1cnn(C)c1C. The summed E-state index contributed by atoms with van der Waals surface area (Å²) in [5, 5.41) is 9.02. The number of hydrogen-bond donors (Lipinski definition) is 1. The van der Waals surface area contributed by atoms with Crippen LogP contribution >= 0.6 is 23.2 Å². The van der Waals surface area contributed by atoms with Gasteiger partial charge >= 0.3 is 0 Å². The highest BCUT2D eigenvalue weighted by molar-refractivity contribution is 6.42. The van der Waals surface area contributed by atoms with Crippen molar-refractivity contribution in [1.29, 1.82) is 0 Å². The van der Waals surface area contributed by atoms with Gasteiger partial charge in [0.1, 0.15) is 0 Å². The average Bonchev–Trinajstić information content (AvgIpc) is 2.74. The molecule has 1 aromatic carbocycles. The lowest BCUT2D eigenvalue weighted by atomic mass is 9.99. The second kappa shape index (κ2) is 6.61. The highest BCUT2D eigenvalue weighted by Gasteiger charge is 2.16. The number of hydrogen-bond acceptors (Lipinski definition) is 2. The van der Waals surface area contributed by atoms with Gasteiger partial charge in [0.05, 0.1) is 16.2 Å². The van der Waals surface area contributed by atoms with Crippen molar-refractivity contribution < 1.29 is 0 Å². The number of nitrogens with one attached hydrogen (secondary N) is 1. The Morgan fingerprint density at radius 3 is 2.60 bits per heavy atom. The van der Waals surface area contributed by atoms with Crippen molar-refractivity contribution in [2.24, 2.45) is 7.05 Å². The van der Waals surface area contributed by atoms with E-state index in [0.717, 1.165) is 18.5 Å². The number of aromatic nitrogens is 2. The summed E-state index contributed by atoms with van der Waals surface area (Å²) in [5.74, 6) is 0. The summed E-state index contributed by atoms with van der Waals surface area (Å²) in [5.41, 5.74) is 3.56. The van der Waals surface area contributed by atoms with E-state index in [2.05, 4.69) is 24.3 Å². The first kappa shape index (κ1) is 15.4. The molecule has 1 unspecified atom stereocenters. The number of likely N-dealkylation sites (N-methyl/N-ethyl adjacent to an activating group) is 1. The third-order valence-electron chi connectivity index (χ3n) is 3.52. The summed E-state index contributed by atoms with van der Waals surface area (Å²) >= 11 is 12.0. The maximum Gasteiger partial charge on any atom is 0.0595 e.